The predicted molar refractivity (Wildman–Crippen MR) is 71.4 cm³/mol. The van der Waals surface area contributed by atoms with Crippen molar-refractivity contribution in [3.8, 4) is 0 Å². The molecule has 1 aromatic heterocycles. The lowest BCUT2D eigenvalue weighted by Gasteiger charge is -2.17. The largest absolute Gasteiger partial charge is 0.342 e. The van der Waals surface area contributed by atoms with Crippen LogP contribution in [0, 0.1) is 5.92 Å². The fraction of sp³-hybridized carbons (Fsp3) is 0.667. The molecule has 0 aromatic carbocycles. The minimum absolute atomic E-state index is 0.0170. The Bertz CT molecular complexity index is 437. The Morgan fingerprint density at radius 1 is 1.37 bits per heavy atom. The number of likely N-dealkylation sites (N-methyl/N-ethyl adjacent to an activating group) is 1. The van der Waals surface area contributed by atoms with E-state index in [4.69, 9.17) is 0 Å². The van der Waals surface area contributed by atoms with Gasteiger partial charge in [0.25, 0.3) is 0 Å². The SMILES string of the molecule is CCN(CC)C(=O)Cn1cc(NC(=O)C(C)C)nn1. The van der Waals surface area contributed by atoms with Crippen LogP contribution in [0.25, 0.3) is 0 Å². The van der Waals surface area contributed by atoms with E-state index in [2.05, 4.69) is 15.6 Å². The third-order valence-corrected chi connectivity index (χ3v) is 2.73. The van der Waals surface area contributed by atoms with E-state index in [0.29, 0.717) is 18.9 Å². The van der Waals surface area contributed by atoms with Gasteiger partial charge in [-0.1, -0.05) is 19.1 Å². The summed E-state index contributed by atoms with van der Waals surface area (Å²) in [6.45, 7) is 8.91. The number of nitrogens with one attached hydrogen (secondary N) is 1. The average Bonchev–Trinajstić information content (AvgIpc) is 2.77. The minimum Gasteiger partial charge on any atom is -0.342 e. The molecule has 0 saturated heterocycles. The number of aromatic nitrogens is 3. The summed E-state index contributed by atoms with van der Waals surface area (Å²) in [7, 11) is 0. The second-order valence-electron chi connectivity index (χ2n) is 4.51. The molecule has 0 radical (unpaired) electrons. The van der Waals surface area contributed by atoms with E-state index in [-0.39, 0.29) is 24.3 Å². The van der Waals surface area contributed by atoms with Crippen LogP contribution in [0.2, 0.25) is 0 Å². The van der Waals surface area contributed by atoms with Crippen molar-refractivity contribution in [1.82, 2.24) is 19.9 Å². The van der Waals surface area contributed by atoms with Crippen molar-refractivity contribution >= 4 is 17.6 Å². The van der Waals surface area contributed by atoms with E-state index in [0.717, 1.165) is 0 Å². The van der Waals surface area contributed by atoms with E-state index < -0.39 is 0 Å². The van der Waals surface area contributed by atoms with E-state index >= 15 is 0 Å². The lowest BCUT2D eigenvalue weighted by atomic mass is 10.2. The maximum atomic E-state index is 11.9. The highest BCUT2D eigenvalue weighted by molar-refractivity contribution is 5.90. The van der Waals surface area contributed by atoms with Gasteiger partial charge < -0.3 is 10.2 Å². The van der Waals surface area contributed by atoms with Gasteiger partial charge in [0.1, 0.15) is 6.54 Å². The standard InChI is InChI=1S/C12H21N5O2/c1-5-16(6-2)11(18)8-17-7-10(14-15-17)13-12(19)9(3)4/h7,9H,5-6,8H2,1-4H3,(H,13,19). The predicted octanol–water partition coefficient (Wildman–Crippen LogP) is 0.741. The third kappa shape index (κ3) is 4.35. The zero-order valence-electron chi connectivity index (χ0n) is 11.9. The second kappa shape index (κ2) is 6.86. The maximum absolute atomic E-state index is 11.9. The van der Waals surface area contributed by atoms with Gasteiger partial charge in [-0.05, 0) is 13.8 Å². The van der Waals surface area contributed by atoms with Crippen LogP contribution in [0.3, 0.4) is 0 Å². The first-order valence-electron chi connectivity index (χ1n) is 6.46. The van der Waals surface area contributed by atoms with E-state index in [9.17, 15) is 9.59 Å². The van der Waals surface area contributed by atoms with Gasteiger partial charge in [-0.3, -0.25) is 9.59 Å². The summed E-state index contributed by atoms with van der Waals surface area (Å²) in [6, 6.07) is 0. The molecule has 0 aliphatic heterocycles. The quantitative estimate of drug-likeness (QED) is 0.824. The topological polar surface area (TPSA) is 80.1 Å². The summed E-state index contributed by atoms with van der Waals surface area (Å²) in [4.78, 5) is 25.1. The highest BCUT2D eigenvalue weighted by Gasteiger charge is 2.13. The smallest absolute Gasteiger partial charge is 0.244 e. The Balaban J connectivity index is 2.60. The van der Waals surface area contributed by atoms with Gasteiger partial charge >= 0.3 is 0 Å². The number of anilines is 1. The van der Waals surface area contributed by atoms with Crippen LogP contribution >= 0.6 is 0 Å². The first-order valence-corrected chi connectivity index (χ1v) is 6.46. The van der Waals surface area contributed by atoms with Crippen molar-refractivity contribution in [1.29, 1.82) is 0 Å². The van der Waals surface area contributed by atoms with Crippen molar-refractivity contribution < 1.29 is 9.59 Å². The van der Waals surface area contributed by atoms with Crippen LogP contribution in [-0.4, -0.2) is 44.8 Å². The van der Waals surface area contributed by atoms with Crippen molar-refractivity contribution in [2.45, 2.75) is 34.2 Å². The molecule has 0 aliphatic carbocycles. The van der Waals surface area contributed by atoms with Crippen LogP contribution in [0.4, 0.5) is 5.82 Å². The van der Waals surface area contributed by atoms with Crippen molar-refractivity contribution in [3.05, 3.63) is 6.20 Å². The molecule has 0 aliphatic rings. The zero-order chi connectivity index (χ0) is 14.4. The molecule has 7 heteroatoms. The number of hydrogen-bond acceptors (Lipinski definition) is 4. The summed E-state index contributed by atoms with van der Waals surface area (Å²) in [5, 5.41) is 10.3. The molecule has 0 atom stereocenters. The van der Waals surface area contributed by atoms with Crippen LogP contribution in [0.15, 0.2) is 6.20 Å². The Morgan fingerprint density at radius 2 is 2.00 bits per heavy atom. The van der Waals surface area contributed by atoms with Crippen LogP contribution < -0.4 is 5.32 Å². The maximum Gasteiger partial charge on any atom is 0.244 e. The first-order chi connectivity index (χ1) is 8.97. The summed E-state index contributed by atoms with van der Waals surface area (Å²) < 4.78 is 1.43. The zero-order valence-corrected chi connectivity index (χ0v) is 11.9. The van der Waals surface area contributed by atoms with Crippen LogP contribution in [0.1, 0.15) is 27.7 Å². The molecule has 1 aromatic rings. The number of hydrogen-bond donors (Lipinski definition) is 1. The first kappa shape index (κ1) is 15.1. The molecular formula is C12H21N5O2. The number of amides is 2. The molecule has 1 N–H and O–H groups in total. The number of nitrogens with zero attached hydrogens (tertiary/aromatic N) is 4. The lowest BCUT2D eigenvalue weighted by molar-refractivity contribution is -0.131. The molecule has 2 amide bonds. The van der Waals surface area contributed by atoms with Gasteiger partial charge in [-0.25, -0.2) is 4.68 Å². The Morgan fingerprint density at radius 3 is 2.53 bits per heavy atom. The van der Waals surface area contributed by atoms with Gasteiger partial charge in [0.2, 0.25) is 11.8 Å². The molecule has 7 nitrogen and oxygen atoms in total. The van der Waals surface area contributed by atoms with Crippen molar-refractivity contribution in [2.24, 2.45) is 5.92 Å². The number of carbonyl (C=O) groups excluding carboxylic acids is 2. The number of rotatable bonds is 6. The van der Waals surface area contributed by atoms with Crippen molar-refractivity contribution in [2.75, 3.05) is 18.4 Å². The van der Waals surface area contributed by atoms with Gasteiger partial charge in [0.15, 0.2) is 5.82 Å². The van der Waals surface area contributed by atoms with Gasteiger partial charge in [0.05, 0.1) is 6.20 Å². The molecule has 0 unspecified atom stereocenters. The normalized spacial score (nSPS) is 10.6. The summed E-state index contributed by atoms with van der Waals surface area (Å²) in [5.74, 6) is 0.104. The molecule has 19 heavy (non-hydrogen) atoms. The highest BCUT2D eigenvalue weighted by Crippen LogP contribution is 2.04. The molecule has 0 spiro atoms. The molecule has 0 bridgehead atoms. The van der Waals surface area contributed by atoms with Crippen LogP contribution in [0.5, 0.6) is 0 Å². The summed E-state index contributed by atoms with van der Waals surface area (Å²) in [5.41, 5.74) is 0. The lowest BCUT2D eigenvalue weighted by Crippen LogP contribution is -2.33. The second-order valence-corrected chi connectivity index (χ2v) is 4.51. The third-order valence-electron chi connectivity index (χ3n) is 2.73. The molecule has 1 rings (SSSR count). The molecule has 106 valence electrons. The fourth-order valence-corrected chi connectivity index (χ4v) is 1.52. The van der Waals surface area contributed by atoms with Gasteiger partial charge in [-0.15, -0.1) is 5.10 Å². The Kier molecular flexibility index (Phi) is 5.47. The van der Waals surface area contributed by atoms with Crippen molar-refractivity contribution in [3.63, 3.8) is 0 Å². The van der Waals surface area contributed by atoms with Crippen LogP contribution in [-0.2, 0) is 16.1 Å². The highest BCUT2D eigenvalue weighted by atomic mass is 16.2. The minimum atomic E-state index is -0.123. The summed E-state index contributed by atoms with van der Waals surface area (Å²) in [6.07, 6.45) is 1.56. The number of carbonyl (C=O) groups is 2. The average molecular weight is 267 g/mol. The van der Waals surface area contributed by atoms with E-state index in [1.807, 2.05) is 13.8 Å². The molecule has 1 heterocycles. The van der Waals surface area contributed by atoms with Gasteiger partial charge in [-0.2, -0.15) is 0 Å². The molecule has 0 fully saturated rings. The monoisotopic (exact) mass is 267 g/mol. The molecule has 0 saturated carbocycles. The van der Waals surface area contributed by atoms with E-state index in [1.165, 1.54) is 4.68 Å². The Hall–Kier alpha value is -1.92. The van der Waals surface area contributed by atoms with E-state index in [1.54, 1.807) is 24.9 Å². The van der Waals surface area contributed by atoms with Gasteiger partial charge in [0, 0.05) is 19.0 Å². The summed E-state index contributed by atoms with van der Waals surface area (Å²) >= 11 is 0. The fourth-order valence-electron chi connectivity index (χ4n) is 1.52. The Labute approximate surface area is 113 Å². The molecular weight excluding hydrogens is 246 g/mol.